The molecule has 0 saturated carbocycles. The summed E-state index contributed by atoms with van der Waals surface area (Å²) in [4.78, 5) is 23.6. The van der Waals surface area contributed by atoms with Gasteiger partial charge in [-0.3, -0.25) is 9.78 Å². The Morgan fingerprint density at radius 1 is 1.50 bits per heavy atom. The number of hydrogen-bond donors (Lipinski definition) is 2. The van der Waals surface area contributed by atoms with Crippen molar-refractivity contribution in [1.82, 2.24) is 4.98 Å². The van der Waals surface area contributed by atoms with Crippen molar-refractivity contribution in [2.75, 3.05) is 0 Å². The SMILES string of the molecule is O=C(O)CC#Cc1ccc2[nH]c(=O)oc2c1. The molecule has 2 N–H and O–H groups in total. The third-order valence-electron chi connectivity index (χ3n) is 1.89. The highest BCUT2D eigenvalue weighted by Gasteiger charge is 2.00. The number of carbonyl (C=O) groups is 1. The number of aromatic amines is 1. The number of fused-ring (bicyclic) bond motifs is 1. The van der Waals surface area contributed by atoms with E-state index in [2.05, 4.69) is 16.8 Å². The molecule has 16 heavy (non-hydrogen) atoms. The zero-order chi connectivity index (χ0) is 11.5. The predicted molar refractivity (Wildman–Crippen MR) is 56.0 cm³/mol. The van der Waals surface area contributed by atoms with Crippen molar-refractivity contribution in [3.63, 3.8) is 0 Å². The summed E-state index contributed by atoms with van der Waals surface area (Å²) in [6.45, 7) is 0. The van der Waals surface area contributed by atoms with E-state index in [1.165, 1.54) is 0 Å². The summed E-state index contributed by atoms with van der Waals surface area (Å²) < 4.78 is 4.84. The van der Waals surface area contributed by atoms with Gasteiger partial charge >= 0.3 is 11.7 Å². The minimum Gasteiger partial charge on any atom is -0.481 e. The Morgan fingerprint density at radius 3 is 3.06 bits per heavy atom. The third kappa shape index (κ3) is 2.12. The summed E-state index contributed by atoms with van der Waals surface area (Å²) >= 11 is 0. The number of carboxylic acid groups (broad SMARTS) is 1. The first-order valence-corrected chi connectivity index (χ1v) is 4.49. The number of aromatic nitrogens is 1. The van der Waals surface area contributed by atoms with Gasteiger partial charge in [0.05, 0.1) is 5.52 Å². The first kappa shape index (κ1) is 10.1. The first-order valence-electron chi connectivity index (χ1n) is 4.49. The average Bonchev–Trinajstić information content (AvgIpc) is 2.56. The number of rotatable bonds is 1. The molecule has 0 bridgehead atoms. The predicted octanol–water partition coefficient (Wildman–Crippen LogP) is 0.947. The Hall–Kier alpha value is -2.48. The van der Waals surface area contributed by atoms with Crippen LogP contribution < -0.4 is 5.76 Å². The van der Waals surface area contributed by atoms with Gasteiger partial charge < -0.3 is 9.52 Å². The van der Waals surface area contributed by atoms with Crippen LogP contribution in [0.3, 0.4) is 0 Å². The fourth-order valence-electron chi connectivity index (χ4n) is 1.25. The van der Waals surface area contributed by atoms with E-state index in [-0.39, 0.29) is 6.42 Å². The molecule has 0 aliphatic carbocycles. The van der Waals surface area contributed by atoms with Gasteiger partial charge in [0.25, 0.3) is 0 Å². The summed E-state index contributed by atoms with van der Waals surface area (Å²) in [5, 5.41) is 8.40. The van der Waals surface area contributed by atoms with E-state index in [0.29, 0.717) is 16.7 Å². The smallest absolute Gasteiger partial charge is 0.417 e. The monoisotopic (exact) mass is 217 g/mol. The summed E-state index contributed by atoms with van der Waals surface area (Å²) in [6, 6.07) is 4.93. The molecule has 1 aromatic carbocycles. The largest absolute Gasteiger partial charge is 0.481 e. The number of benzene rings is 1. The van der Waals surface area contributed by atoms with Crippen LogP contribution in [-0.2, 0) is 4.79 Å². The topological polar surface area (TPSA) is 83.3 Å². The van der Waals surface area contributed by atoms with Gasteiger partial charge in [-0.25, -0.2) is 4.79 Å². The fourth-order valence-corrected chi connectivity index (χ4v) is 1.25. The maximum absolute atomic E-state index is 10.9. The minimum absolute atomic E-state index is 0.213. The van der Waals surface area contributed by atoms with Crippen LogP contribution in [0.15, 0.2) is 27.4 Å². The standard InChI is InChI=1S/C11H7NO4/c13-10(14)3-1-2-7-4-5-8-9(6-7)16-11(15)12-8/h4-6H,3H2,(H,12,15)(H,13,14). The van der Waals surface area contributed by atoms with Gasteiger partial charge in [0.15, 0.2) is 5.58 Å². The van der Waals surface area contributed by atoms with Crippen LogP contribution in [0.25, 0.3) is 11.1 Å². The second kappa shape index (κ2) is 3.95. The van der Waals surface area contributed by atoms with Gasteiger partial charge in [-0.1, -0.05) is 11.8 Å². The first-order chi connectivity index (χ1) is 7.65. The zero-order valence-electron chi connectivity index (χ0n) is 8.11. The van der Waals surface area contributed by atoms with Crippen molar-refractivity contribution in [1.29, 1.82) is 0 Å². The minimum atomic E-state index is -0.971. The van der Waals surface area contributed by atoms with E-state index in [1.54, 1.807) is 18.2 Å². The van der Waals surface area contributed by atoms with E-state index < -0.39 is 11.7 Å². The van der Waals surface area contributed by atoms with Gasteiger partial charge in [0.1, 0.15) is 6.42 Å². The molecule has 0 amide bonds. The molecule has 5 nitrogen and oxygen atoms in total. The van der Waals surface area contributed by atoms with E-state index in [0.717, 1.165) is 0 Å². The van der Waals surface area contributed by atoms with Gasteiger partial charge in [0, 0.05) is 5.56 Å². The van der Waals surface area contributed by atoms with Crippen LogP contribution in [0.4, 0.5) is 0 Å². The molecule has 0 fully saturated rings. The quantitative estimate of drug-likeness (QED) is 0.696. The lowest BCUT2D eigenvalue weighted by atomic mass is 10.2. The number of nitrogens with one attached hydrogen (secondary N) is 1. The van der Waals surface area contributed by atoms with E-state index in [1.807, 2.05) is 0 Å². The Morgan fingerprint density at radius 2 is 2.31 bits per heavy atom. The van der Waals surface area contributed by atoms with Crippen molar-refractivity contribution in [2.45, 2.75) is 6.42 Å². The molecule has 1 aromatic heterocycles. The molecular weight excluding hydrogens is 210 g/mol. The highest BCUT2D eigenvalue weighted by molar-refractivity contribution is 5.74. The summed E-state index contributed by atoms with van der Waals surface area (Å²) in [5.74, 6) is 3.67. The maximum atomic E-state index is 10.9. The lowest BCUT2D eigenvalue weighted by Crippen LogP contribution is -1.92. The summed E-state index contributed by atoms with van der Waals surface area (Å²) in [7, 11) is 0. The molecule has 80 valence electrons. The van der Waals surface area contributed by atoms with Crippen molar-refractivity contribution >= 4 is 17.1 Å². The van der Waals surface area contributed by atoms with Crippen LogP contribution in [-0.4, -0.2) is 16.1 Å². The zero-order valence-corrected chi connectivity index (χ0v) is 8.11. The number of aliphatic carboxylic acids is 1. The lowest BCUT2D eigenvalue weighted by Gasteiger charge is -1.89. The Labute approximate surface area is 89.7 Å². The van der Waals surface area contributed by atoms with Crippen molar-refractivity contribution in [3.05, 3.63) is 34.3 Å². The molecule has 2 aromatic rings. The Bertz CT molecular complexity index is 654. The lowest BCUT2D eigenvalue weighted by molar-refractivity contribution is -0.135. The van der Waals surface area contributed by atoms with Crippen molar-refractivity contribution < 1.29 is 14.3 Å². The van der Waals surface area contributed by atoms with Crippen LogP contribution in [0.2, 0.25) is 0 Å². The molecule has 0 saturated heterocycles. The van der Waals surface area contributed by atoms with Gasteiger partial charge in [0.2, 0.25) is 0 Å². The van der Waals surface area contributed by atoms with E-state index in [4.69, 9.17) is 9.52 Å². The van der Waals surface area contributed by atoms with Gasteiger partial charge in [-0.05, 0) is 18.2 Å². The number of oxazole rings is 1. The molecule has 0 radical (unpaired) electrons. The molecule has 0 aliphatic heterocycles. The highest BCUT2D eigenvalue weighted by atomic mass is 16.4. The number of carboxylic acids is 1. The average molecular weight is 217 g/mol. The highest BCUT2D eigenvalue weighted by Crippen LogP contribution is 2.11. The molecule has 0 spiro atoms. The third-order valence-corrected chi connectivity index (χ3v) is 1.89. The molecule has 2 rings (SSSR count). The summed E-state index contributed by atoms with van der Waals surface area (Å²) in [6.07, 6.45) is -0.213. The second-order valence-electron chi connectivity index (χ2n) is 3.10. The molecular formula is C11H7NO4. The van der Waals surface area contributed by atoms with Gasteiger partial charge in [-0.2, -0.15) is 0 Å². The molecule has 0 aliphatic rings. The van der Waals surface area contributed by atoms with Crippen LogP contribution >= 0.6 is 0 Å². The normalized spacial score (nSPS) is 9.75. The number of hydrogen-bond acceptors (Lipinski definition) is 3. The van der Waals surface area contributed by atoms with Crippen molar-refractivity contribution in [3.8, 4) is 11.8 Å². The maximum Gasteiger partial charge on any atom is 0.417 e. The molecule has 1 heterocycles. The summed E-state index contributed by atoms with van der Waals surface area (Å²) in [5.41, 5.74) is 1.61. The molecule has 0 unspecified atom stereocenters. The number of H-pyrrole nitrogens is 1. The second-order valence-corrected chi connectivity index (χ2v) is 3.10. The van der Waals surface area contributed by atoms with Crippen molar-refractivity contribution in [2.24, 2.45) is 0 Å². The van der Waals surface area contributed by atoms with Crippen LogP contribution in [0.1, 0.15) is 12.0 Å². The van der Waals surface area contributed by atoms with E-state index >= 15 is 0 Å². The molecule has 0 atom stereocenters. The van der Waals surface area contributed by atoms with E-state index in [9.17, 15) is 9.59 Å². The Kier molecular flexibility index (Phi) is 2.48. The van der Waals surface area contributed by atoms with Crippen LogP contribution in [0, 0.1) is 11.8 Å². The Balaban J connectivity index is 2.34. The fraction of sp³-hybridized carbons (Fsp3) is 0.0909. The molecule has 5 heteroatoms. The van der Waals surface area contributed by atoms with Gasteiger partial charge in [-0.15, -0.1) is 0 Å². The van der Waals surface area contributed by atoms with Crippen LogP contribution in [0.5, 0.6) is 0 Å².